The molecule has 1 saturated carbocycles. The molecule has 1 aromatic heterocycles. The number of benzene rings is 1. The molecule has 1 amide bonds. The van der Waals surface area contributed by atoms with Crippen molar-refractivity contribution in [3.05, 3.63) is 52.6 Å². The van der Waals surface area contributed by atoms with Gasteiger partial charge in [0.2, 0.25) is 0 Å². The average Bonchev–Trinajstić information content (AvgIpc) is 3.27. The van der Waals surface area contributed by atoms with Gasteiger partial charge in [0, 0.05) is 17.7 Å². The summed E-state index contributed by atoms with van der Waals surface area (Å²) in [6.07, 6.45) is 4.22. The first kappa shape index (κ1) is 19.9. The first-order valence-corrected chi connectivity index (χ1v) is 10.8. The summed E-state index contributed by atoms with van der Waals surface area (Å²) in [7, 11) is 0. The van der Waals surface area contributed by atoms with Crippen molar-refractivity contribution in [3.63, 3.8) is 0 Å². The van der Waals surface area contributed by atoms with Crippen LogP contribution >= 0.6 is 24.0 Å². The number of thioether (sulfide) groups is 1. The van der Waals surface area contributed by atoms with Crippen LogP contribution in [0.3, 0.4) is 0 Å². The first-order valence-electron chi connectivity index (χ1n) is 9.59. The number of carboxylic acids is 1. The number of amides is 1. The number of aryl methyl sites for hydroxylation is 1. The van der Waals surface area contributed by atoms with Gasteiger partial charge in [-0.25, -0.2) is 0 Å². The lowest BCUT2D eigenvalue weighted by Gasteiger charge is -2.32. The summed E-state index contributed by atoms with van der Waals surface area (Å²) in [4.78, 5) is 26.3. The van der Waals surface area contributed by atoms with Crippen molar-refractivity contribution in [1.29, 1.82) is 0 Å². The summed E-state index contributed by atoms with van der Waals surface area (Å²) in [5.41, 5.74) is 2.14. The average molecular weight is 428 g/mol. The van der Waals surface area contributed by atoms with Crippen molar-refractivity contribution in [2.75, 3.05) is 0 Å². The molecule has 0 atom stereocenters. The topological polar surface area (TPSA) is 70.8 Å². The van der Waals surface area contributed by atoms with Crippen LogP contribution in [0, 0.1) is 12.8 Å². The van der Waals surface area contributed by atoms with E-state index in [1.807, 2.05) is 43.3 Å². The Labute approximate surface area is 178 Å². The van der Waals surface area contributed by atoms with E-state index in [1.54, 1.807) is 11.0 Å². The van der Waals surface area contributed by atoms with E-state index in [9.17, 15) is 14.7 Å². The fraction of sp³-hybridized carbons (Fsp3) is 0.318. The number of rotatable bonds is 4. The molecule has 150 valence electrons. The predicted molar refractivity (Wildman–Crippen MR) is 117 cm³/mol. The summed E-state index contributed by atoms with van der Waals surface area (Å²) < 4.78 is 6.48. The molecule has 1 aromatic carbocycles. The van der Waals surface area contributed by atoms with E-state index in [2.05, 4.69) is 0 Å². The number of carboxylic acid groups (broad SMARTS) is 1. The second-order valence-electron chi connectivity index (χ2n) is 7.41. The van der Waals surface area contributed by atoms with Gasteiger partial charge >= 0.3 is 5.97 Å². The van der Waals surface area contributed by atoms with Crippen LogP contribution in [0.25, 0.3) is 17.4 Å². The third kappa shape index (κ3) is 4.02. The number of aliphatic carboxylic acids is 1. The Morgan fingerprint density at radius 3 is 2.62 bits per heavy atom. The minimum atomic E-state index is -0.754. The molecular formula is C22H21NO4S2. The highest BCUT2D eigenvalue weighted by molar-refractivity contribution is 8.26. The number of thiocarbonyl (C=S) groups is 1. The molecule has 29 heavy (non-hydrogen) atoms. The normalized spacial score (nSPS) is 23.8. The van der Waals surface area contributed by atoms with Crippen LogP contribution in [0.1, 0.15) is 37.0 Å². The first-order chi connectivity index (χ1) is 13.9. The third-order valence-electron chi connectivity index (χ3n) is 5.55. The maximum absolute atomic E-state index is 13.0. The lowest BCUT2D eigenvalue weighted by Crippen LogP contribution is -2.41. The Morgan fingerprint density at radius 2 is 1.93 bits per heavy atom. The molecule has 2 aliphatic rings. The highest BCUT2D eigenvalue weighted by Gasteiger charge is 2.39. The number of hydrogen-bond acceptors (Lipinski definition) is 5. The van der Waals surface area contributed by atoms with Gasteiger partial charge in [-0.15, -0.1) is 0 Å². The van der Waals surface area contributed by atoms with Crippen molar-refractivity contribution in [3.8, 4) is 11.3 Å². The van der Waals surface area contributed by atoms with Crippen molar-refractivity contribution in [1.82, 2.24) is 4.90 Å². The number of carbonyl (C=O) groups excluding carboxylic acids is 1. The Morgan fingerprint density at radius 1 is 1.21 bits per heavy atom. The molecule has 0 radical (unpaired) electrons. The van der Waals surface area contributed by atoms with Gasteiger partial charge in [0.25, 0.3) is 5.91 Å². The van der Waals surface area contributed by atoms with Crippen molar-refractivity contribution < 1.29 is 19.1 Å². The Kier molecular flexibility index (Phi) is 5.61. The standard InChI is InChI=1S/C22H21NO4S2/c1-13-4-2-3-5-17(13)18-11-10-16(27-18)12-19-20(24)23(22(28)29-19)15-8-6-14(7-9-15)21(25)26/h2-5,10-12,14-15H,6-9H2,1H3,(H,25,26)/b19-12+. The van der Waals surface area contributed by atoms with Gasteiger partial charge in [-0.05, 0) is 50.3 Å². The molecule has 2 heterocycles. The zero-order valence-electron chi connectivity index (χ0n) is 16.0. The van der Waals surface area contributed by atoms with E-state index in [4.69, 9.17) is 16.6 Å². The summed E-state index contributed by atoms with van der Waals surface area (Å²) >= 11 is 6.73. The number of carbonyl (C=O) groups is 2. The summed E-state index contributed by atoms with van der Waals surface area (Å²) in [5.74, 6) is 0.182. The highest BCUT2D eigenvalue weighted by Crippen LogP contribution is 2.39. The molecule has 7 heteroatoms. The van der Waals surface area contributed by atoms with Crippen LogP contribution in [0.15, 0.2) is 45.7 Å². The molecule has 1 aliphatic carbocycles. The molecule has 0 bridgehead atoms. The van der Waals surface area contributed by atoms with Crippen molar-refractivity contribution in [2.45, 2.75) is 38.6 Å². The smallest absolute Gasteiger partial charge is 0.306 e. The van der Waals surface area contributed by atoms with Crippen molar-refractivity contribution >= 4 is 46.3 Å². The van der Waals surface area contributed by atoms with Gasteiger partial charge in [0.1, 0.15) is 15.8 Å². The van der Waals surface area contributed by atoms with Crippen LogP contribution in [-0.2, 0) is 9.59 Å². The summed E-state index contributed by atoms with van der Waals surface area (Å²) in [5, 5.41) is 9.17. The predicted octanol–water partition coefficient (Wildman–Crippen LogP) is 5.10. The molecular weight excluding hydrogens is 406 g/mol. The number of hydrogen-bond donors (Lipinski definition) is 1. The Bertz CT molecular complexity index is 1000. The third-order valence-corrected chi connectivity index (χ3v) is 6.88. The zero-order valence-corrected chi connectivity index (χ0v) is 17.6. The molecule has 2 fully saturated rings. The van der Waals surface area contributed by atoms with Crippen LogP contribution < -0.4 is 0 Å². The molecule has 1 N–H and O–H groups in total. The minimum Gasteiger partial charge on any atom is -0.481 e. The van der Waals surface area contributed by atoms with Crippen molar-refractivity contribution in [2.24, 2.45) is 5.92 Å². The van der Waals surface area contributed by atoms with E-state index in [0.717, 1.165) is 16.9 Å². The van der Waals surface area contributed by atoms with E-state index >= 15 is 0 Å². The van der Waals surface area contributed by atoms with Gasteiger partial charge in [-0.2, -0.15) is 0 Å². The summed E-state index contributed by atoms with van der Waals surface area (Å²) in [6, 6.07) is 11.7. The van der Waals surface area contributed by atoms with Gasteiger partial charge in [-0.3, -0.25) is 14.5 Å². The van der Waals surface area contributed by atoms with E-state index in [-0.39, 0.29) is 17.9 Å². The molecule has 1 aliphatic heterocycles. The Hall–Kier alpha value is -2.38. The highest BCUT2D eigenvalue weighted by atomic mass is 32.2. The lowest BCUT2D eigenvalue weighted by molar-refractivity contribution is -0.143. The zero-order chi connectivity index (χ0) is 20.5. The number of nitrogens with zero attached hydrogens (tertiary/aromatic N) is 1. The maximum atomic E-state index is 13.0. The second kappa shape index (κ2) is 8.16. The van der Waals surface area contributed by atoms with Gasteiger partial charge in [-0.1, -0.05) is 48.2 Å². The lowest BCUT2D eigenvalue weighted by atomic mass is 9.85. The van der Waals surface area contributed by atoms with E-state index < -0.39 is 5.97 Å². The fourth-order valence-corrected chi connectivity index (χ4v) is 5.31. The fourth-order valence-electron chi connectivity index (χ4n) is 3.93. The van der Waals surface area contributed by atoms with Gasteiger partial charge < -0.3 is 9.52 Å². The van der Waals surface area contributed by atoms with Crippen LogP contribution in [0.4, 0.5) is 0 Å². The molecule has 5 nitrogen and oxygen atoms in total. The molecule has 1 saturated heterocycles. The quantitative estimate of drug-likeness (QED) is 0.541. The molecule has 2 aromatic rings. The van der Waals surface area contributed by atoms with Gasteiger partial charge in [0.05, 0.1) is 10.8 Å². The van der Waals surface area contributed by atoms with Crippen LogP contribution in [0.5, 0.6) is 0 Å². The van der Waals surface area contributed by atoms with E-state index in [1.165, 1.54) is 11.8 Å². The number of furan rings is 1. The molecule has 0 unspecified atom stereocenters. The van der Waals surface area contributed by atoms with Gasteiger partial charge in [0.15, 0.2) is 0 Å². The monoisotopic (exact) mass is 427 g/mol. The maximum Gasteiger partial charge on any atom is 0.306 e. The summed E-state index contributed by atoms with van der Waals surface area (Å²) in [6.45, 7) is 2.03. The Balaban J connectivity index is 1.50. The van der Waals surface area contributed by atoms with E-state index in [0.29, 0.717) is 40.7 Å². The second-order valence-corrected chi connectivity index (χ2v) is 9.09. The SMILES string of the molecule is Cc1ccccc1-c1ccc(/C=C2/SC(=S)N(C3CCC(C(=O)O)CC3)C2=O)o1. The minimum absolute atomic E-state index is 0.0249. The largest absolute Gasteiger partial charge is 0.481 e. The molecule has 0 spiro atoms. The van der Waals surface area contributed by atoms with Crippen LogP contribution in [0.2, 0.25) is 0 Å². The molecule has 4 rings (SSSR count). The van der Waals surface area contributed by atoms with Crippen LogP contribution in [-0.4, -0.2) is 32.2 Å².